The number of aliphatic hydroxyl groups excluding tert-OH is 1. The van der Waals surface area contributed by atoms with E-state index >= 15 is 0 Å². The molecule has 1 rings (SSSR count). The molecule has 1 aromatic rings. The summed E-state index contributed by atoms with van der Waals surface area (Å²) in [6.45, 7) is 0. The van der Waals surface area contributed by atoms with Gasteiger partial charge >= 0.3 is 18.3 Å². The van der Waals surface area contributed by atoms with Gasteiger partial charge in [0.05, 0.1) is 16.1 Å². The molecule has 0 aliphatic heterocycles. The average Bonchev–Trinajstić information content (AvgIpc) is 2.24. The van der Waals surface area contributed by atoms with Crippen LogP contribution >= 0.6 is 11.6 Å². The van der Waals surface area contributed by atoms with Crippen molar-refractivity contribution in [1.29, 1.82) is 0 Å². The van der Waals surface area contributed by atoms with Crippen molar-refractivity contribution in [2.24, 2.45) is 0 Å². The Labute approximate surface area is 112 Å². The molecule has 0 bridgehead atoms. The van der Waals surface area contributed by atoms with E-state index in [0.717, 1.165) is 0 Å². The molecule has 2 N–H and O–H groups in total. The van der Waals surface area contributed by atoms with Crippen molar-refractivity contribution < 1.29 is 41.4 Å². The van der Waals surface area contributed by atoms with Crippen molar-refractivity contribution in [2.75, 3.05) is 0 Å². The van der Waals surface area contributed by atoms with E-state index in [0.29, 0.717) is 0 Å². The van der Waals surface area contributed by atoms with Gasteiger partial charge in [-0.3, -0.25) is 0 Å². The van der Waals surface area contributed by atoms with Crippen molar-refractivity contribution >= 4 is 17.6 Å². The zero-order valence-corrected chi connectivity index (χ0v) is 9.94. The van der Waals surface area contributed by atoms with Gasteiger partial charge in [-0.2, -0.15) is 26.3 Å². The van der Waals surface area contributed by atoms with Crippen molar-refractivity contribution in [3.8, 4) is 0 Å². The third-order valence-corrected chi connectivity index (χ3v) is 2.68. The van der Waals surface area contributed by atoms with Crippen LogP contribution in [0.15, 0.2) is 12.1 Å². The first-order valence-electron chi connectivity index (χ1n) is 4.74. The fraction of sp³-hybridized carbons (Fsp3) is 0.300. The van der Waals surface area contributed by atoms with Gasteiger partial charge in [0, 0.05) is 5.56 Å². The maximum atomic E-state index is 12.6. The normalized spacial score (nSPS) is 14.2. The van der Waals surface area contributed by atoms with Crippen LogP contribution in [0.25, 0.3) is 0 Å². The van der Waals surface area contributed by atoms with Gasteiger partial charge < -0.3 is 10.2 Å². The maximum absolute atomic E-state index is 12.6. The molecule has 0 saturated heterocycles. The topological polar surface area (TPSA) is 57.5 Å². The molecule has 0 radical (unpaired) electrons. The van der Waals surface area contributed by atoms with Gasteiger partial charge in [-0.1, -0.05) is 11.6 Å². The molecular weight excluding hydrogens is 318 g/mol. The Morgan fingerprint density at radius 2 is 1.60 bits per heavy atom. The smallest absolute Gasteiger partial charge is 0.417 e. The maximum Gasteiger partial charge on any atom is 0.417 e. The highest BCUT2D eigenvalue weighted by atomic mass is 35.5. The van der Waals surface area contributed by atoms with E-state index in [1.807, 2.05) is 0 Å². The number of alkyl halides is 6. The second-order valence-corrected chi connectivity index (χ2v) is 4.04. The third-order valence-electron chi connectivity index (χ3n) is 2.26. The Kier molecular flexibility index (Phi) is 4.25. The van der Waals surface area contributed by atoms with E-state index in [-0.39, 0.29) is 12.1 Å². The van der Waals surface area contributed by atoms with Gasteiger partial charge in [0.25, 0.3) is 0 Å². The van der Waals surface area contributed by atoms with Gasteiger partial charge in [-0.15, -0.1) is 0 Å². The van der Waals surface area contributed by atoms with E-state index in [2.05, 4.69) is 0 Å². The van der Waals surface area contributed by atoms with E-state index in [9.17, 15) is 31.1 Å². The molecule has 0 aliphatic rings. The molecule has 0 spiro atoms. The summed E-state index contributed by atoms with van der Waals surface area (Å²) in [4.78, 5) is 10.5. The molecule has 20 heavy (non-hydrogen) atoms. The molecule has 0 heterocycles. The summed E-state index contributed by atoms with van der Waals surface area (Å²) in [6.07, 6.45) is -13.0. The number of halogens is 7. The Morgan fingerprint density at radius 1 is 1.10 bits per heavy atom. The number of hydrogen-bond donors (Lipinski definition) is 2. The van der Waals surface area contributed by atoms with Gasteiger partial charge in [0.15, 0.2) is 6.10 Å². The summed E-state index contributed by atoms with van der Waals surface area (Å²) in [6, 6.07) is -0.184. The Morgan fingerprint density at radius 3 is 1.95 bits per heavy atom. The highest BCUT2D eigenvalue weighted by Crippen LogP contribution is 2.42. The number of carbonyl (C=O) groups is 1. The number of aliphatic carboxylic acids is 1. The summed E-state index contributed by atoms with van der Waals surface area (Å²) in [5.74, 6) is -2.03. The highest BCUT2D eigenvalue weighted by molar-refractivity contribution is 6.32. The Hall–Kier alpha value is -1.48. The monoisotopic (exact) mass is 322 g/mol. The molecule has 0 saturated carbocycles. The summed E-state index contributed by atoms with van der Waals surface area (Å²) >= 11 is 5.24. The lowest BCUT2D eigenvalue weighted by Gasteiger charge is -2.17. The summed E-state index contributed by atoms with van der Waals surface area (Å²) in [7, 11) is 0. The van der Waals surface area contributed by atoms with Crippen LogP contribution in [0.3, 0.4) is 0 Å². The quantitative estimate of drug-likeness (QED) is 0.819. The fourth-order valence-electron chi connectivity index (χ4n) is 1.35. The lowest BCUT2D eigenvalue weighted by Crippen LogP contribution is -2.17. The number of benzene rings is 1. The minimum absolute atomic E-state index is 0.0658. The zero-order valence-electron chi connectivity index (χ0n) is 9.18. The number of hydrogen-bond acceptors (Lipinski definition) is 2. The van der Waals surface area contributed by atoms with Gasteiger partial charge in [0.1, 0.15) is 0 Å². The van der Waals surface area contributed by atoms with E-state index in [1.54, 1.807) is 0 Å². The second kappa shape index (κ2) is 5.13. The molecule has 112 valence electrons. The lowest BCUT2D eigenvalue weighted by atomic mass is 10.0. The molecule has 1 aromatic carbocycles. The number of rotatable bonds is 2. The van der Waals surface area contributed by atoms with Crippen molar-refractivity contribution in [2.45, 2.75) is 18.5 Å². The number of aliphatic hydroxyl groups is 1. The average molecular weight is 323 g/mol. The van der Waals surface area contributed by atoms with Crippen LogP contribution in [-0.4, -0.2) is 16.2 Å². The largest absolute Gasteiger partial charge is 0.479 e. The Balaban J connectivity index is 3.64. The first kappa shape index (κ1) is 16.6. The van der Waals surface area contributed by atoms with E-state index in [1.165, 1.54) is 0 Å². The minimum Gasteiger partial charge on any atom is -0.479 e. The highest BCUT2D eigenvalue weighted by Gasteiger charge is 2.40. The first-order valence-corrected chi connectivity index (χ1v) is 5.12. The van der Waals surface area contributed by atoms with Gasteiger partial charge in [-0.05, 0) is 12.1 Å². The molecule has 1 atom stereocenters. The van der Waals surface area contributed by atoms with Gasteiger partial charge in [-0.25, -0.2) is 4.79 Å². The number of carboxylic acid groups (broad SMARTS) is 1. The van der Waals surface area contributed by atoms with Crippen LogP contribution in [0, 0.1) is 0 Å². The Bertz CT molecular complexity index is 537. The lowest BCUT2D eigenvalue weighted by molar-refractivity contribution is -0.148. The summed E-state index contributed by atoms with van der Waals surface area (Å²) in [5, 5.41) is 16.3. The molecule has 0 aliphatic carbocycles. The fourth-order valence-corrected chi connectivity index (χ4v) is 1.67. The predicted octanol–water partition coefficient (Wildman–Crippen LogP) is 3.50. The van der Waals surface area contributed by atoms with Gasteiger partial charge in [0.2, 0.25) is 0 Å². The van der Waals surface area contributed by atoms with Crippen molar-refractivity contribution in [1.82, 2.24) is 0 Å². The molecular formula is C10H5ClF6O3. The summed E-state index contributed by atoms with van der Waals surface area (Å²) < 4.78 is 75.2. The van der Waals surface area contributed by atoms with Crippen LogP contribution in [0.1, 0.15) is 22.8 Å². The van der Waals surface area contributed by atoms with Crippen LogP contribution in [-0.2, 0) is 17.1 Å². The molecule has 0 amide bonds. The first-order chi connectivity index (χ1) is 8.85. The zero-order chi connectivity index (χ0) is 15.9. The summed E-state index contributed by atoms with van der Waals surface area (Å²) in [5.41, 5.74) is -4.81. The molecule has 10 heteroatoms. The third kappa shape index (κ3) is 3.34. The van der Waals surface area contributed by atoms with Crippen LogP contribution in [0.4, 0.5) is 26.3 Å². The van der Waals surface area contributed by atoms with Crippen LogP contribution < -0.4 is 0 Å². The van der Waals surface area contributed by atoms with Crippen LogP contribution in [0.5, 0.6) is 0 Å². The van der Waals surface area contributed by atoms with Crippen LogP contribution in [0.2, 0.25) is 5.02 Å². The van der Waals surface area contributed by atoms with E-state index in [4.69, 9.17) is 21.8 Å². The van der Waals surface area contributed by atoms with Crippen molar-refractivity contribution in [3.05, 3.63) is 33.8 Å². The minimum atomic E-state index is -5.23. The van der Waals surface area contributed by atoms with E-state index < -0.39 is 46.1 Å². The molecule has 0 fully saturated rings. The number of carboxylic acids is 1. The van der Waals surface area contributed by atoms with Crippen molar-refractivity contribution in [3.63, 3.8) is 0 Å². The molecule has 3 nitrogen and oxygen atoms in total. The molecule has 1 unspecified atom stereocenters. The second-order valence-electron chi connectivity index (χ2n) is 3.66. The SMILES string of the molecule is O=C(O)C(O)c1cc(C(F)(F)F)cc(C(F)(F)F)c1Cl. The standard InChI is InChI=1S/C10H5ClF6O3/c11-6-4(7(18)8(19)20)1-3(9(12,13)14)2-5(6)10(15,16)17/h1-2,7,18H,(H,19,20). The predicted molar refractivity (Wildman–Crippen MR) is 54.1 cm³/mol. The molecule has 0 aromatic heterocycles.